The molecule has 5 nitrogen and oxygen atoms in total. The van der Waals surface area contributed by atoms with Crippen molar-refractivity contribution < 1.29 is 4.79 Å². The summed E-state index contributed by atoms with van der Waals surface area (Å²) < 4.78 is 0. The van der Waals surface area contributed by atoms with Crippen LogP contribution in [0.15, 0.2) is 6.33 Å². The highest BCUT2D eigenvalue weighted by Gasteiger charge is 2.26. The van der Waals surface area contributed by atoms with Crippen LogP contribution >= 0.6 is 11.6 Å². The average Bonchev–Trinajstić information content (AvgIpc) is 2.28. The molecule has 6 heteroatoms. The van der Waals surface area contributed by atoms with E-state index in [0.29, 0.717) is 36.9 Å². The topological polar surface area (TPSA) is 72.1 Å². The number of anilines is 1. The monoisotopic (exact) mass is 240 g/mol. The third-order valence-electron chi connectivity index (χ3n) is 2.60. The van der Waals surface area contributed by atoms with Crippen LogP contribution in [0.1, 0.15) is 18.4 Å². The van der Waals surface area contributed by atoms with E-state index in [4.69, 9.17) is 17.3 Å². The first-order valence-electron chi connectivity index (χ1n) is 5.24. The van der Waals surface area contributed by atoms with Crippen molar-refractivity contribution in [2.24, 2.45) is 5.73 Å². The Bertz CT molecular complexity index is 410. The number of hydrogen-bond donors (Lipinski definition) is 1. The van der Waals surface area contributed by atoms with Gasteiger partial charge < -0.3 is 5.73 Å². The van der Waals surface area contributed by atoms with Gasteiger partial charge in [0.2, 0.25) is 5.91 Å². The first-order valence-corrected chi connectivity index (χ1v) is 5.61. The molecule has 2 rings (SSSR count). The average molecular weight is 241 g/mol. The number of carbonyl (C=O) groups is 1. The molecule has 1 aromatic heterocycles. The van der Waals surface area contributed by atoms with Gasteiger partial charge in [-0.3, -0.25) is 9.69 Å². The lowest BCUT2D eigenvalue weighted by molar-refractivity contribution is -0.118. The molecule has 1 amide bonds. The van der Waals surface area contributed by atoms with E-state index in [2.05, 4.69) is 9.97 Å². The summed E-state index contributed by atoms with van der Waals surface area (Å²) in [6.45, 7) is 1.15. The van der Waals surface area contributed by atoms with E-state index in [1.54, 1.807) is 4.90 Å². The Morgan fingerprint density at radius 1 is 1.44 bits per heavy atom. The van der Waals surface area contributed by atoms with Gasteiger partial charge in [0, 0.05) is 18.5 Å². The van der Waals surface area contributed by atoms with Crippen molar-refractivity contribution in [3.05, 3.63) is 17.0 Å². The molecule has 0 radical (unpaired) electrons. The minimum Gasteiger partial charge on any atom is -0.330 e. The number of amides is 1. The number of halogens is 1. The highest BCUT2D eigenvalue weighted by molar-refractivity contribution is 6.30. The Labute approximate surface area is 98.6 Å². The van der Waals surface area contributed by atoms with Crippen LogP contribution in [0.5, 0.6) is 0 Å². The molecule has 0 atom stereocenters. The number of carbonyl (C=O) groups excluding carboxylic acids is 1. The maximum atomic E-state index is 11.8. The number of hydrogen-bond acceptors (Lipinski definition) is 4. The number of nitrogens with zero attached hydrogens (tertiary/aromatic N) is 3. The minimum absolute atomic E-state index is 0.0794. The van der Waals surface area contributed by atoms with E-state index in [1.165, 1.54) is 6.33 Å². The fourth-order valence-corrected chi connectivity index (χ4v) is 2.02. The highest BCUT2D eigenvalue weighted by atomic mass is 35.5. The number of rotatable bonds is 3. The predicted molar refractivity (Wildman–Crippen MR) is 61.4 cm³/mol. The van der Waals surface area contributed by atoms with Crippen molar-refractivity contribution in [3.63, 3.8) is 0 Å². The van der Waals surface area contributed by atoms with Crippen molar-refractivity contribution in [2.45, 2.75) is 19.3 Å². The number of fused-ring (bicyclic) bond motifs is 1. The van der Waals surface area contributed by atoms with Crippen LogP contribution in [0, 0.1) is 0 Å². The standard InChI is InChI=1S/C10H13ClN4O/c11-9-7-2-3-8(16)15(5-1-4-12)10(7)14-6-13-9/h6H,1-5,12H2. The van der Waals surface area contributed by atoms with Gasteiger partial charge in [0.15, 0.2) is 0 Å². The molecule has 1 aliphatic heterocycles. The van der Waals surface area contributed by atoms with Crippen LogP contribution in [-0.4, -0.2) is 29.0 Å². The number of nitrogens with two attached hydrogens (primary N) is 1. The molecule has 0 fully saturated rings. The smallest absolute Gasteiger partial charge is 0.228 e. The van der Waals surface area contributed by atoms with Gasteiger partial charge in [-0.1, -0.05) is 11.6 Å². The van der Waals surface area contributed by atoms with Crippen molar-refractivity contribution >= 4 is 23.3 Å². The summed E-state index contributed by atoms with van der Waals surface area (Å²) >= 11 is 5.98. The van der Waals surface area contributed by atoms with Crippen molar-refractivity contribution in [2.75, 3.05) is 18.0 Å². The zero-order valence-corrected chi connectivity index (χ0v) is 9.57. The second-order valence-electron chi connectivity index (χ2n) is 3.65. The fraction of sp³-hybridized carbons (Fsp3) is 0.500. The van der Waals surface area contributed by atoms with Gasteiger partial charge in [0.05, 0.1) is 0 Å². The Morgan fingerprint density at radius 2 is 2.25 bits per heavy atom. The SMILES string of the molecule is NCCCN1C(=O)CCc2c(Cl)ncnc21. The molecule has 86 valence electrons. The maximum absolute atomic E-state index is 11.8. The van der Waals surface area contributed by atoms with Gasteiger partial charge in [-0.2, -0.15) is 0 Å². The molecule has 16 heavy (non-hydrogen) atoms. The van der Waals surface area contributed by atoms with Crippen molar-refractivity contribution in [3.8, 4) is 0 Å². The van der Waals surface area contributed by atoms with Crippen LogP contribution in [0.25, 0.3) is 0 Å². The molecule has 0 unspecified atom stereocenters. The van der Waals surface area contributed by atoms with E-state index in [-0.39, 0.29) is 5.91 Å². The van der Waals surface area contributed by atoms with Crippen LogP contribution in [0.4, 0.5) is 5.82 Å². The molecule has 1 aromatic rings. The predicted octanol–water partition coefficient (Wildman–Crippen LogP) is 0.758. The lowest BCUT2D eigenvalue weighted by Crippen LogP contribution is -2.37. The largest absolute Gasteiger partial charge is 0.330 e. The van der Waals surface area contributed by atoms with E-state index >= 15 is 0 Å². The van der Waals surface area contributed by atoms with Gasteiger partial charge in [-0.25, -0.2) is 9.97 Å². The summed E-state index contributed by atoms with van der Waals surface area (Å²) in [7, 11) is 0. The van der Waals surface area contributed by atoms with E-state index in [9.17, 15) is 4.79 Å². The molecule has 0 saturated heterocycles. The first-order chi connectivity index (χ1) is 7.74. The van der Waals surface area contributed by atoms with E-state index in [1.807, 2.05) is 0 Å². The molecule has 0 spiro atoms. The van der Waals surface area contributed by atoms with E-state index < -0.39 is 0 Å². The molecule has 0 saturated carbocycles. The number of aromatic nitrogens is 2. The van der Waals surface area contributed by atoms with Crippen LogP contribution in [0.3, 0.4) is 0 Å². The minimum atomic E-state index is 0.0794. The highest BCUT2D eigenvalue weighted by Crippen LogP contribution is 2.29. The van der Waals surface area contributed by atoms with Crippen molar-refractivity contribution in [1.29, 1.82) is 0 Å². The molecule has 0 aliphatic carbocycles. The molecule has 2 N–H and O–H groups in total. The van der Waals surface area contributed by atoms with Gasteiger partial charge in [0.1, 0.15) is 17.3 Å². The normalized spacial score (nSPS) is 15.1. The molecular weight excluding hydrogens is 228 g/mol. The third kappa shape index (κ3) is 2.01. The summed E-state index contributed by atoms with van der Waals surface area (Å²) in [6, 6.07) is 0. The fourth-order valence-electron chi connectivity index (χ4n) is 1.79. The molecule has 0 bridgehead atoms. The van der Waals surface area contributed by atoms with E-state index in [0.717, 1.165) is 12.0 Å². The zero-order chi connectivity index (χ0) is 11.5. The summed E-state index contributed by atoms with van der Waals surface area (Å²) in [5, 5.41) is 0.440. The molecule has 1 aliphatic rings. The Morgan fingerprint density at radius 3 is 3.00 bits per heavy atom. The Hall–Kier alpha value is -1.20. The van der Waals surface area contributed by atoms with Crippen LogP contribution < -0.4 is 10.6 Å². The van der Waals surface area contributed by atoms with Gasteiger partial charge in [0.25, 0.3) is 0 Å². The Kier molecular flexibility index (Phi) is 3.36. The van der Waals surface area contributed by atoms with Crippen LogP contribution in [-0.2, 0) is 11.2 Å². The maximum Gasteiger partial charge on any atom is 0.228 e. The van der Waals surface area contributed by atoms with Gasteiger partial charge >= 0.3 is 0 Å². The second-order valence-corrected chi connectivity index (χ2v) is 4.01. The first kappa shape index (κ1) is 11.3. The van der Waals surface area contributed by atoms with Crippen molar-refractivity contribution in [1.82, 2.24) is 9.97 Å². The van der Waals surface area contributed by atoms with Crippen LogP contribution in [0.2, 0.25) is 5.15 Å². The quantitative estimate of drug-likeness (QED) is 0.792. The lowest BCUT2D eigenvalue weighted by atomic mass is 10.1. The van der Waals surface area contributed by atoms with Gasteiger partial charge in [-0.05, 0) is 19.4 Å². The summed E-state index contributed by atoms with van der Waals surface area (Å²) in [5.74, 6) is 0.723. The second kappa shape index (κ2) is 4.76. The summed E-state index contributed by atoms with van der Waals surface area (Å²) in [5.41, 5.74) is 6.31. The molecule has 0 aromatic carbocycles. The Balaban J connectivity index is 2.32. The lowest BCUT2D eigenvalue weighted by Gasteiger charge is -2.28. The summed E-state index contributed by atoms with van der Waals surface area (Å²) in [4.78, 5) is 21.5. The summed E-state index contributed by atoms with van der Waals surface area (Å²) in [6.07, 6.45) is 3.22. The van der Waals surface area contributed by atoms with Gasteiger partial charge in [-0.15, -0.1) is 0 Å². The molecular formula is C10H13ClN4O. The molecule has 2 heterocycles. The third-order valence-corrected chi connectivity index (χ3v) is 2.93. The zero-order valence-electron chi connectivity index (χ0n) is 8.82.